The van der Waals surface area contributed by atoms with Gasteiger partial charge in [-0.3, -0.25) is 0 Å². The number of benzene rings is 3. The third-order valence-electron chi connectivity index (χ3n) is 7.00. The fourth-order valence-corrected chi connectivity index (χ4v) is 5.04. The maximum atomic E-state index is 15.2. The summed E-state index contributed by atoms with van der Waals surface area (Å²) in [5.74, 6) is 4.89. The molecule has 5 heteroatoms. The second-order valence-electron chi connectivity index (χ2n) is 9.39. The molecule has 1 saturated carbocycles. The van der Waals surface area contributed by atoms with Gasteiger partial charge in [0.1, 0.15) is 5.82 Å². The summed E-state index contributed by atoms with van der Waals surface area (Å²) in [5.41, 5.74) is 1.71. The molecule has 35 heavy (non-hydrogen) atoms. The Bertz CT molecular complexity index is 1220. The Kier molecular flexibility index (Phi) is 8.33. The molecule has 0 unspecified atom stereocenters. The van der Waals surface area contributed by atoms with E-state index in [0.29, 0.717) is 11.3 Å². The molecule has 3 aromatic carbocycles. The van der Waals surface area contributed by atoms with E-state index in [2.05, 4.69) is 29.6 Å². The first-order chi connectivity index (χ1) is 16.9. The lowest BCUT2D eigenvalue weighted by atomic mass is 9.77. The first-order valence-corrected chi connectivity index (χ1v) is 12.4. The third-order valence-corrected chi connectivity index (χ3v) is 7.00. The molecule has 184 valence electrons. The van der Waals surface area contributed by atoms with Crippen molar-refractivity contribution in [2.45, 2.75) is 70.8 Å². The molecule has 1 nitrogen and oxygen atoms in total. The summed E-state index contributed by atoms with van der Waals surface area (Å²) in [6.45, 7) is -0.870. The van der Waals surface area contributed by atoms with E-state index in [-0.39, 0.29) is 11.1 Å². The van der Waals surface area contributed by atoms with E-state index >= 15 is 4.39 Å². The number of halogens is 4. The Morgan fingerprint density at radius 2 is 1.71 bits per heavy atom. The molecule has 0 bridgehead atoms. The minimum absolute atomic E-state index is 0.200. The Labute approximate surface area is 204 Å². The quantitative estimate of drug-likeness (QED) is 0.185. The predicted octanol–water partition coefficient (Wildman–Crippen LogP) is 8.97. The molecule has 0 N–H and O–H groups in total. The van der Waals surface area contributed by atoms with Gasteiger partial charge in [-0.15, -0.1) is 0 Å². The van der Waals surface area contributed by atoms with Gasteiger partial charge >= 0.3 is 6.61 Å². The van der Waals surface area contributed by atoms with Crippen LogP contribution in [0.15, 0.2) is 48.5 Å². The third kappa shape index (κ3) is 6.36. The normalized spacial score (nSPS) is 17.9. The lowest BCUT2D eigenvalue weighted by molar-refractivity contribution is -0.0521. The van der Waals surface area contributed by atoms with Gasteiger partial charge < -0.3 is 4.74 Å². The summed E-state index contributed by atoms with van der Waals surface area (Å²) in [6, 6.07) is 12.9. The van der Waals surface area contributed by atoms with Crippen molar-refractivity contribution >= 4 is 10.8 Å². The molecule has 0 saturated heterocycles. The van der Waals surface area contributed by atoms with E-state index in [9.17, 15) is 13.2 Å². The Morgan fingerprint density at radius 1 is 0.914 bits per heavy atom. The summed E-state index contributed by atoms with van der Waals surface area (Å²) in [5, 5.41) is 1.34. The molecule has 3 aromatic rings. The van der Waals surface area contributed by atoms with Crippen molar-refractivity contribution in [2.75, 3.05) is 0 Å². The van der Waals surface area contributed by atoms with Gasteiger partial charge in [-0.1, -0.05) is 68.7 Å². The zero-order valence-electron chi connectivity index (χ0n) is 19.9. The number of unbranched alkanes of at least 4 members (excludes halogenated alkanes) is 2. The maximum Gasteiger partial charge on any atom is 0.387 e. The van der Waals surface area contributed by atoms with Crippen LogP contribution >= 0.6 is 0 Å². The molecule has 1 aliphatic rings. The molecule has 1 aliphatic carbocycles. The van der Waals surface area contributed by atoms with Crippen molar-refractivity contribution < 1.29 is 22.3 Å². The summed E-state index contributed by atoms with van der Waals surface area (Å²) in [7, 11) is 0. The first kappa shape index (κ1) is 25.1. The number of hydrogen-bond acceptors (Lipinski definition) is 1. The van der Waals surface area contributed by atoms with Crippen molar-refractivity contribution in [1.29, 1.82) is 0 Å². The molecule has 0 heterocycles. The van der Waals surface area contributed by atoms with Crippen LogP contribution in [0.3, 0.4) is 0 Å². The number of rotatable bonds is 7. The SMILES string of the molecule is CCCCCC1CCC(c2ccc3c(F)c(C#Cc4ccc(OC(F)F)c(F)c4)ccc3c2)CC1. The van der Waals surface area contributed by atoms with E-state index in [4.69, 9.17) is 0 Å². The minimum Gasteiger partial charge on any atom is -0.432 e. The second kappa shape index (κ2) is 11.6. The molecule has 0 amide bonds. The number of alkyl halides is 2. The zero-order valence-corrected chi connectivity index (χ0v) is 19.9. The van der Waals surface area contributed by atoms with E-state index in [0.717, 1.165) is 23.4 Å². The van der Waals surface area contributed by atoms with Crippen LogP contribution in [0.4, 0.5) is 17.6 Å². The van der Waals surface area contributed by atoms with Gasteiger partial charge in [-0.2, -0.15) is 8.78 Å². The van der Waals surface area contributed by atoms with Crippen LogP contribution < -0.4 is 4.74 Å². The van der Waals surface area contributed by atoms with E-state index in [1.807, 2.05) is 18.2 Å². The van der Waals surface area contributed by atoms with Crippen molar-refractivity contribution in [3.05, 3.63) is 76.9 Å². The van der Waals surface area contributed by atoms with E-state index in [1.54, 1.807) is 6.07 Å². The fraction of sp³-hybridized carbons (Fsp3) is 0.400. The molecule has 0 atom stereocenters. The molecule has 0 aliphatic heterocycles. The lowest BCUT2D eigenvalue weighted by Crippen LogP contribution is -2.13. The van der Waals surface area contributed by atoms with Gasteiger partial charge in [0.25, 0.3) is 0 Å². The lowest BCUT2D eigenvalue weighted by Gasteiger charge is -2.29. The highest BCUT2D eigenvalue weighted by molar-refractivity contribution is 5.85. The average molecular weight is 483 g/mol. The predicted molar refractivity (Wildman–Crippen MR) is 132 cm³/mol. The van der Waals surface area contributed by atoms with Gasteiger partial charge in [-0.25, -0.2) is 8.78 Å². The van der Waals surface area contributed by atoms with Gasteiger partial charge in [0.15, 0.2) is 11.6 Å². The average Bonchev–Trinajstić information content (AvgIpc) is 2.85. The molecule has 4 rings (SSSR count). The Morgan fingerprint density at radius 3 is 2.43 bits per heavy atom. The van der Waals surface area contributed by atoms with E-state index in [1.165, 1.54) is 63.0 Å². The van der Waals surface area contributed by atoms with Crippen LogP contribution in [0.1, 0.15) is 80.9 Å². The molecular weight excluding hydrogens is 452 g/mol. The van der Waals surface area contributed by atoms with Gasteiger partial charge in [0.2, 0.25) is 0 Å². The molecule has 1 fully saturated rings. The van der Waals surface area contributed by atoms with Crippen molar-refractivity contribution in [2.24, 2.45) is 5.92 Å². The number of hydrogen-bond donors (Lipinski definition) is 0. The highest BCUT2D eigenvalue weighted by atomic mass is 19.3. The molecule has 0 radical (unpaired) electrons. The van der Waals surface area contributed by atoms with Crippen LogP contribution in [-0.4, -0.2) is 6.61 Å². The van der Waals surface area contributed by atoms with Gasteiger partial charge in [0.05, 0.1) is 5.56 Å². The molecular formula is C30H30F4O. The van der Waals surface area contributed by atoms with Gasteiger partial charge in [-0.05, 0) is 72.7 Å². The van der Waals surface area contributed by atoms with Crippen LogP contribution in [0, 0.1) is 29.4 Å². The minimum atomic E-state index is -3.11. The maximum absolute atomic E-state index is 15.2. The topological polar surface area (TPSA) is 9.23 Å². The standard InChI is InChI=1S/C30H30F4O/c1-2-3-4-5-20-6-10-22(11-7-20)24-15-16-26-25(19-24)14-13-23(29(26)32)12-8-21-9-17-28(27(31)18-21)35-30(33)34/h9,13-20,22,30H,2-7,10-11H2,1H3. The number of fused-ring (bicyclic) bond motifs is 1. The van der Waals surface area contributed by atoms with Crippen molar-refractivity contribution in [3.8, 4) is 17.6 Å². The summed E-state index contributed by atoms with van der Waals surface area (Å²) in [4.78, 5) is 0. The van der Waals surface area contributed by atoms with Crippen molar-refractivity contribution in [1.82, 2.24) is 0 Å². The summed E-state index contributed by atoms with van der Waals surface area (Å²) in [6.07, 6.45) is 10.2. The highest BCUT2D eigenvalue weighted by Gasteiger charge is 2.22. The van der Waals surface area contributed by atoms with E-state index < -0.39 is 24.0 Å². The highest BCUT2D eigenvalue weighted by Crippen LogP contribution is 2.39. The first-order valence-electron chi connectivity index (χ1n) is 12.4. The van der Waals surface area contributed by atoms with Crippen LogP contribution in [0.5, 0.6) is 5.75 Å². The summed E-state index contributed by atoms with van der Waals surface area (Å²) < 4.78 is 57.7. The summed E-state index contributed by atoms with van der Waals surface area (Å²) >= 11 is 0. The van der Waals surface area contributed by atoms with Crippen LogP contribution in [0.25, 0.3) is 10.8 Å². The second-order valence-corrected chi connectivity index (χ2v) is 9.39. The van der Waals surface area contributed by atoms with Crippen molar-refractivity contribution in [3.63, 3.8) is 0 Å². The van der Waals surface area contributed by atoms with Crippen LogP contribution in [-0.2, 0) is 0 Å². The largest absolute Gasteiger partial charge is 0.432 e. The smallest absolute Gasteiger partial charge is 0.387 e. The molecule has 0 aromatic heterocycles. The molecule has 0 spiro atoms. The zero-order chi connectivity index (χ0) is 24.8. The Hall–Kier alpha value is -3.00. The number of ether oxygens (including phenoxy) is 1. The Balaban J connectivity index is 1.46. The monoisotopic (exact) mass is 482 g/mol. The fourth-order valence-electron chi connectivity index (χ4n) is 5.04. The van der Waals surface area contributed by atoms with Gasteiger partial charge in [0, 0.05) is 10.9 Å². The van der Waals surface area contributed by atoms with Crippen LogP contribution in [0.2, 0.25) is 0 Å².